The minimum absolute atomic E-state index is 0.0543. The van der Waals surface area contributed by atoms with Crippen LogP contribution in [0.3, 0.4) is 0 Å². The number of hydrogen-bond acceptors (Lipinski definition) is 4. The third kappa shape index (κ3) is 4.33. The highest BCUT2D eigenvalue weighted by molar-refractivity contribution is 7.89. The predicted molar refractivity (Wildman–Crippen MR) is 124 cm³/mol. The average molecular weight is 468 g/mol. The normalized spacial score (nSPS) is 36.5. The quantitative estimate of drug-likeness (QED) is 0.637. The molecule has 7 nitrogen and oxygen atoms in total. The summed E-state index contributed by atoms with van der Waals surface area (Å²) in [5.74, 6) is 1.37. The van der Waals surface area contributed by atoms with Crippen LogP contribution in [0.1, 0.15) is 78.1 Å². The first-order chi connectivity index (χ1) is 15.1. The van der Waals surface area contributed by atoms with Crippen LogP contribution in [0.15, 0.2) is 0 Å². The molecule has 0 spiro atoms. The molecular weight excluding hydrogens is 426 g/mol. The smallest absolute Gasteiger partial charge is 0.226 e. The van der Waals surface area contributed by atoms with Gasteiger partial charge in [-0.15, -0.1) is 0 Å². The van der Waals surface area contributed by atoms with Crippen LogP contribution in [0.25, 0.3) is 0 Å². The molecule has 6 atom stereocenters. The Hall–Kier alpha value is -1.15. The number of fused-ring (bicyclic) bond motifs is 1. The Morgan fingerprint density at radius 2 is 1.53 bits per heavy atom. The molecular formula is C24H41N3O4S. The van der Waals surface area contributed by atoms with Crippen molar-refractivity contribution in [3.63, 3.8) is 0 Å². The number of nitrogens with zero attached hydrogens (tertiary/aromatic N) is 3. The minimum Gasteiger partial charge on any atom is -0.335 e. The summed E-state index contributed by atoms with van der Waals surface area (Å²) in [5.41, 5.74) is 0. The molecule has 0 N–H and O–H groups in total. The van der Waals surface area contributed by atoms with Crippen LogP contribution in [0, 0.1) is 17.8 Å². The molecule has 0 aromatic carbocycles. The van der Waals surface area contributed by atoms with Gasteiger partial charge in [-0.1, -0.05) is 19.3 Å². The second-order valence-corrected chi connectivity index (χ2v) is 13.4. The van der Waals surface area contributed by atoms with Crippen LogP contribution in [0.4, 0.5) is 0 Å². The largest absolute Gasteiger partial charge is 0.335 e. The molecule has 4 rings (SSSR count). The zero-order valence-electron chi connectivity index (χ0n) is 20.2. The summed E-state index contributed by atoms with van der Waals surface area (Å²) < 4.78 is 26.9. The molecule has 0 bridgehead atoms. The Bertz CT molecular complexity index is 825. The van der Waals surface area contributed by atoms with Gasteiger partial charge in [-0.2, -0.15) is 0 Å². The van der Waals surface area contributed by atoms with Crippen LogP contribution < -0.4 is 0 Å². The van der Waals surface area contributed by atoms with Gasteiger partial charge in [0.2, 0.25) is 21.8 Å². The molecule has 4 aliphatic rings. The molecule has 0 radical (unpaired) electrons. The second kappa shape index (κ2) is 9.24. The second-order valence-electron chi connectivity index (χ2n) is 11.0. The van der Waals surface area contributed by atoms with Gasteiger partial charge in [-0.25, -0.2) is 12.7 Å². The monoisotopic (exact) mass is 467 g/mol. The summed E-state index contributed by atoms with van der Waals surface area (Å²) in [6.07, 6.45) is 9.46. The minimum atomic E-state index is -3.24. The van der Waals surface area contributed by atoms with Crippen LogP contribution in [0.2, 0.25) is 0 Å². The maximum Gasteiger partial charge on any atom is 0.226 e. The van der Waals surface area contributed by atoms with Crippen LogP contribution in [0.5, 0.6) is 0 Å². The third-order valence-electron chi connectivity index (χ3n) is 8.88. The highest BCUT2D eigenvalue weighted by Crippen LogP contribution is 2.44. The first-order valence-corrected chi connectivity index (χ1v) is 14.1. The van der Waals surface area contributed by atoms with Crippen molar-refractivity contribution in [3.8, 4) is 0 Å². The molecule has 1 aliphatic heterocycles. The number of hydrogen-bond donors (Lipinski definition) is 0. The molecule has 0 aromatic heterocycles. The summed E-state index contributed by atoms with van der Waals surface area (Å²) in [5, 5.41) is -0.290. The van der Waals surface area contributed by atoms with E-state index in [-0.39, 0.29) is 35.2 Å². The fourth-order valence-electron chi connectivity index (χ4n) is 6.95. The number of rotatable bonds is 4. The lowest BCUT2D eigenvalue weighted by Gasteiger charge is -2.55. The maximum absolute atomic E-state index is 13.3. The summed E-state index contributed by atoms with van der Waals surface area (Å²) in [6.45, 7) is 4.36. The zero-order valence-corrected chi connectivity index (χ0v) is 21.0. The van der Waals surface area contributed by atoms with E-state index < -0.39 is 10.0 Å². The maximum atomic E-state index is 13.3. The van der Waals surface area contributed by atoms with Gasteiger partial charge in [0.15, 0.2) is 0 Å². The highest BCUT2D eigenvalue weighted by atomic mass is 32.2. The van der Waals surface area contributed by atoms with E-state index in [1.165, 1.54) is 4.31 Å². The Morgan fingerprint density at radius 3 is 2.12 bits per heavy atom. The van der Waals surface area contributed by atoms with Gasteiger partial charge >= 0.3 is 0 Å². The molecule has 0 aromatic rings. The molecule has 4 fully saturated rings. The summed E-state index contributed by atoms with van der Waals surface area (Å²) in [7, 11) is 0.0276. The molecule has 8 heteroatoms. The lowest BCUT2D eigenvalue weighted by molar-refractivity contribution is -0.159. The Labute approximate surface area is 193 Å². The average Bonchev–Trinajstić information content (AvgIpc) is 2.71. The van der Waals surface area contributed by atoms with E-state index in [4.69, 9.17) is 0 Å². The molecule has 32 heavy (non-hydrogen) atoms. The first kappa shape index (κ1) is 24.0. The fraction of sp³-hybridized carbons (Fsp3) is 0.917. The first-order valence-electron chi connectivity index (χ1n) is 12.6. The van der Waals surface area contributed by atoms with Gasteiger partial charge < -0.3 is 9.80 Å². The summed E-state index contributed by atoms with van der Waals surface area (Å²) >= 11 is 0. The fourth-order valence-corrected chi connectivity index (χ4v) is 8.50. The standard InChI is InChI=1S/C24H41N3O4S/c1-16-15-26(24(29)18-7-5-8-18)23-14-20(11-12-22(23)27(16)17(2)28)19-9-6-10-21(13-19)32(30,31)25(3)4/h16,18-23H,5-15H2,1-4H3/t16-,19?,20?,21?,22?,23?/m0/s1. The van der Waals surface area contributed by atoms with Crippen molar-refractivity contribution in [2.45, 2.75) is 101 Å². The number of piperazine rings is 1. The highest BCUT2D eigenvalue weighted by Gasteiger charge is 2.49. The van der Waals surface area contributed by atoms with Gasteiger partial charge in [0, 0.05) is 39.5 Å². The van der Waals surface area contributed by atoms with Gasteiger partial charge in [0.1, 0.15) is 0 Å². The summed E-state index contributed by atoms with van der Waals surface area (Å²) in [4.78, 5) is 30.0. The van der Waals surface area contributed by atoms with Crippen molar-refractivity contribution < 1.29 is 18.0 Å². The van der Waals surface area contributed by atoms with Gasteiger partial charge in [0.05, 0.1) is 17.3 Å². The van der Waals surface area contributed by atoms with E-state index in [1.807, 2.05) is 4.90 Å². The van der Waals surface area contributed by atoms with Crippen LogP contribution >= 0.6 is 0 Å². The SMILES string of the molecule is CC(=O)N1C2CCC(C3CCCC(S(=O)(=O)N(C)C)C3)CC2N(C(=O)C2CCC2)C[C@@H]1C. The van der Waals surface area contributed by atoms with Gasteiger partial charge in [0.25, 0.3) is 0 Å². The van der Waals surface area contributed by atoms with Crippen LogP contribution in [-0.4, -0.2) is 78.4 Å². The third-order valence-corrected chi connectivity index (χ3v) is 11.2. The van der Waals surface area contributed by atoms with E-state index >= 15 is 0 Å². The number of amides is 2. The Kier molecular flexibility index (Phi) is 6.93. The zero-order chi connectivity index (χ0) is 23.2. The topological polar surface area (TPSA) is 78.0 Å². The van der Waals surface area contributed by atoms with Crippen molar-refractivity contribution in [2.24, 2.45) is 17.8 Å². The number of sulfonamides is 1. The van der Waals surface area contributed by atoms with E-state index in [2.05, 4.69) is 11.8 Å². The molecule has 3 aliphatic carbocycles. The number of carbonyl (C=O) groups excluding carboxylic acids is 2. The molecule has 3 saturated carbocycles. The van der Waals surface area contributed by atoms with Crippen molar-refractivity contribution in [3.05, 3.63) is 0 Å². The van der Waals surface area contributed by atoms with Crippen molar-refractivity contribution in [2.75, 3.05) is 20.6 Å². The Balaban J connectivity index is 1.53. The van der Waals surface area contributed by atoms with Crippen molar-refractivity contribution >= 4 is 21.8 Å². The number of carbonyl (C=O) groups is 2. The lowest BCUT2D eigenvalue weighted by atomic mass is 9.69. The van der Waals surface area contributed by atoms with E-state index in [0.717, 1.165) is 64.2 Å². The molecule has 1 heterocycles. The van der Waals surface area contributed by atoms with Gasteiger partial charge in [-0.3, -0.25) is 9.59 Å². The molecule has 1 saturated heterocycles. The van der Waals surface area contributed by atoms with Crippen LogP contribution in [-0.2, 0) is 19.6 Å². The van der Waals surface area contributed by atoms with Crippen molar-refractivity contribution in [1.82, 2.24) is 14.1 Å². The van der Waals surface area contributed by atoms with Crippen molar-refractivity contribution in [1.29, 1.82) is 0 Å². The van der Waals surface area contributed by atoms with E-state index in [9.17, 15) is 18.0 Å². The predicted octanol–water partition coefficient (Wildman–Crippen LogP) is 2.85. The molecule has 182 valence electrons. The lowest BCUT2D eigenvalue weighted by Crippen LogP contribution is -2.68. The molecule has 2 amide bonds. The summed E-state index contributed by atoms with van der Waals surface area (Å²) in [6, 6.07) is 0.229. The van der Waals surface area contributed by atoms with Gasteiger partial charge in [-0.05, 0) is 63.7 Å². The van der Waals surface area contributed by atoms with E-state index in [1.54, 1.807) is 21.0 Å². The molecule has 5 unspecified atom stereocenters. The Morgan fingerprint density at radius 1 is 0.875 bits per heavy atom. The van der Waals surface area contributed by atoms with E-state index in [0.29, 0.717) is 24.3 Å².